The number of carbonyl (C=O) groups is 2. The fraction of sp³-hybridized carbons (Fsp3) is 0.200. The summed E-state index contributed by atoms with van der Waals surface area (Å²) >= 11 is 0. The molecule has 2 heterocycles. The van der Waals surface area contributed by atoms with E-state index >= 15 is 0 Å². The standard InChI is InChI=1S/C20H17FN4O3/c1-12-5-7-16(8-6-12)25-11-14(10-17(25)26)19-23-24-20(28-19)22-18(27)13-3-2-4-15(21)9-13/h2-9,14H,10-11H2,1H3,(H,22,24,27). The van der Waals surface area contributed by atoms with Gasteiger partial charge in [-0.05, 0) is 37.3 Å². The highest BCUT2D eigenvalue weighted by atomic mass is 19.1. The lowest BCUT2D eigenvalue weighted by Crippen LogP contribution is -2.24. The number of halogens is 1. The molecule has 1 saturated heterocycles. The van der Waals surface area contributed by atoms with Crippen molar-refractivity contribution in [2.24, 2.45) is 0 Å². The molecule has 1 aliphatic rings. The molecule has 3 aromatic rings. The lowest BCUT2D eigenvalue weighted by atomic mass is 10.1. The largest absolute Gasteiger partial charge is 0.407 e. The minimum atomic E-state index is -0.557. The normalized spacial score (nSPS) is 16.4. The Labute approximate surface area is 160 Å². The number of anilines is 2. The molecule has 1 fully saturated rings. The van der Waals surface area contributed by atoms with Gasteiger partial charge in [-0.1, -0.05) is 28.9 Å². The molecule has 0 aliphatic carbocycles. The summed E-state index contributed by atoms with van der Waals surface area (Å²) in [5.74, 6) is -1.09. The van der Waals surface area contributed by atoms with Gasteiger partial charge < -0.3 is 9.32 Å². The van der Waals surface area contributed by atoms with Crippen LogP contribution in [0.15, 0.2) is 52.9 Å². The maximum atomic E-state index is 13.2. The molecule has 1 N–H and O–H groups in total. The predicted molar refractivity (Wildman–Crippen MR) is 99.5 cm³/mol. The topological polar surface area (TPSA) is 88.3 Å². The van der Waals surface area contributed by atoms with E-state index in [0.29, 0.717) is 6.54 Å². The molecular weight excluding hydrogens is 363 g/mol. The van der Waals surface area contributed by atoms with E-state index in [0.717, 1.165) is 17.3 Å². The maximum absolute atomic E-state index is 13.2. The average molecular weight is 380 g/mol. The monoisotopic (exact) mass is 380 g/mol. The third kappa shape index (κ3) is 3.62. The SMILES string of the molecule is Cc1ccc(N2CC(c3nnc(NC(=O)c4cccc(F)c4)o3)CC2=O)cc1. The van der Waals surface area contributed by atoms with Gasteiger partial charge in [0, 0.05) is 24.2 Å². The van der Waals surface area contributed by atoms with E-state index in [9.17, 15) is 14.0 Å². The number of benzene rings is 2. The second kappa shape index (κ2) is 7.22. The van der Waals surface area contributed by atoms with Gasteiger partial charge in [-0.25, -0.2) is 4.39 Å². The van der Waals surface area contributed by atoms with Gasteiger partial charge in [-0.15, -0.1) is 5.10 Å². The van der Waals surface area contributed by atoms with Gasteiger partial charge in [0.15, 0.2) is 0 Å². The Morgan fingerprint density at radius 1 is 1.21 bits per heavy atom. The summed E-state index contributed by atoms with van der Waals surface area (Å²) < 4.78 is 18.8. The van der Waals surface area contributed by atoms with E-state index in [1.807, 2.05) is 31.2 Å². The number of aromatic nitrogens is 2. The molecular formula is C20H17FN4O3. The summed E-state index contributed by atoms with van der Waals surface area (Å²) in [4.78, 5) is 26.2. The number of hydrogen-bond donors (Lipinski definition) is 1. The van der Waals surface area contributed by atoms with Crippen molar-refractivity contribution in [3.8, 4) is 0 Å². The van der Waals surface area contributed by atoms with Crippen LogP contribution in [0, 0.1) is 12.7 Å². The Hall–Kier alpha value is -3.55. The molecule has 0 spiro atoms. The number of rotatable bonds is 4. The van der Waals surface area contributed by atoms with Crippen LogP contribution in [0.2, 0.25) is 0 Å². The third-order valence-electron chi connectivity index (χ3n) is 4.57. The van der Waals surface area contributed by atoms with E-state index in [1.54, 1.807) is 4.90 Å². The summed E-state index contributed by atoms with van der Waals surface area (Å²) in [5.41, 5.74) is 2.07. The molecule has 1 aromatic heterocycles. The quantitative estimate of drug-likeness (QED) is 0.750. The number of nitrogens with one attached hydrogen (secondary N) is 1. The highest BCUT2D eigenvalue weighted by molar-refractivity contribution is 6.03. The van der Waals surface area contributed by atoms with Crippen molar-refractivity contribution in [1.82, 2.24) is 10.2 Å². The molecule has 1 unspecified atom stereocenters. The molecule has 0 saturated carbocycles. The van der Waals surface area contributed by atoms with Gasteiger partial charge in [0.1, 0.15) is 5.82 Å². The summed E-state index contributed by atoms with van der Waals surface area (Å²) in [6.07, 6.45) is 0.243. The van der Waals surface area contributed by atoms with Gasteiger partial charge in [0.05, 0.1) is 5.92 Å². The second-order valence-electron chi connectivity index (χ2n) is 6.65. The molecule has 1 atom stereocenters. The van der Waals surface area contributed by atoms with Crippen LogP contribution < -0.4 is 10.2 Å². The molecule has 2 aromatic carbocycles. The van der Waals surface area contributed by atoms with Crippen molar-refractivity contribution in [2.45, 2.75) is 19.3 Å². The van der Waals surface area contributed by atoms with Crippen LogP contribution >= 0.6 is 0 Å². The highest BCUT2D eigenvalue weighted by Gasteiger charge is 2.35. The van der Waals surface area contributed by atoms with E-state index < -0.39 is 11.7 Å². The van der Waals surface area contributed by atoms with Gasteiger partial charge in [-0.2, -0.15) is 0 Å². The van der Waals surface area contributed by atoms with Gasteiger partial charge in [0.25, 0.3) is 5.91 Å². The van der Waals surface area contributed by atoms with Gasteiger partial charge in [0.2, 0.25) is 11.8 Å². The predicted octanol–water partition coefficient (Wildman–Crippen LogP) is 3.29. The number of nitrogens with zero attached hydrogens (tertiary/aromatic N) is 3. The fourth-order valence-corrected chi connectivity index (χ4v) is 3.10. The molecule has 8 heteroatoms. The van der Waals surface area contributed by atoms with Crippen molar-refractivity contribution >= 4 is 23.5 Å². The molecule has 4 rings (SSSR count). The minimum Gasteiger partial charge on any atom is -0.407 e. The lowest BCUT2D eigenvalue weighted by Gasteiger charge is -2.16. The first-order chi connectivity index (χ1) is 13.5. The maximum Gasteiger partial charge on any atom is 0.322 e. The van der Waals surface area contributed by atoms with Crippen molar-refractivity contribution in [3.05, 3.63) is 71.4 Å². The Bertz CT molecular complexity index is 1030. The van der Waals surface area contributed by atoms with E-state index in [-0.39, 0.29) is 35.7 Å². The van der Waals surface area contributed by atoms with Crippen LogP contribution in [0.25, 0.3) is 0 Å². The zero-order valence-corrected chi connectivity index (χ0v) is 15.1. The molecule has 142 valence electrons. The summed E-state index contributed by atoms with van der Waals surface area (Å²) in [6.45, 7) is 2.40. The average Bonchev–Trinajstić information content (AvgIpc) is 3.29. The summed E-state index contributed by atoms with van der Waals surface area (Å²) in [6, 6.07) is 12.9. The number of carbonyl (C=O) groups excluding carboxylic acids is 2. The first kappa shape index (κ1) is 17.8. The Morgan fingerprint density at radius 3 is 2.75 bits per heavy atom. The first-order valence-electron chi connectivity index (χ1n) is 8.77. The molecule has 28 heavy (non-hydrogen) atoms. The molecule has 2 amide bonds. The van der Waals surface area contributed by atoms with Crippen LogP contribution in [-0.2, 0) is 4.79 Å². The number of aryl methyl sites for hydroxylation is 1. The van der Waals surface area contributed by atoms with Crippen LogP contribution in [-0.4, -0.2) is 28.6 Å². The van der Waals surface area contributed by atoms with Crippen LogP contribution in [0.5, 0.6) is 0 Å². The Balaban J connectivity index is 1.45. The molecule has 0 bridgehead atoms. The van der Waals surface area contributed by atoms with Crippen LogP contribution in [0.4, 0.5) is 16.1 Å². The molecule has 1 aliphatic heterocycles. The lowest BCUT2D eigenvalue weighted by molar-refractivity contribution is -0.117. The van der Waals surface area contributed by atoms with E-state index in [1.165, 1.54) is 18.2 Å². The van der Waals surface area contributed by atoms with Crippen molar-refractivity contribution < 1.29 is 18.4 Å². The smallest absolute Gasteiger partial charge is 0.322 e. The van der Waals surface area contributed by atoms with Crippen LogP contribution in [0.1, 0.15) is 34.2 Å². The second-order valence-corrected chi connectivity index (χ2v) is 6.65. The van der Waals surface area contributed by atoms with Crippen molar-refractivity contribution in [2.75, 3.05) is 16.8 Å². The zero-order chi connectivity index (χ0) is 19.7. The summed E-state index contributed by atoms with van der Waals surface area (Å²) in [7, 11) is 0. The van der Waals surface area contributed by atoms with Crippen molar-refractivity contribution in [1.29, 1.82) is 0 Å². The first-order valence-corrected chi connectivity index (χ1v) is 8.77. The Morgan fingerprint density at radius 2 is 2.00 bits per heavy atom. The summed E-state index contributed by atoms with van der Waals surface area (Å²) in [5, 5.41) is 10.2. The van der Waals surface area contributed by atoms with E-state index in [2.05, 4.69) is 15.5 Å². The van der Waals surface area contributed by atoms with Gasteiger partial charge >= 0.3 is 6.01 Å². The third-order valence-corrected chi connectivity index (χ3v) is 4.57. The Kier molecular flexibility index (Phi) is 4.60. The zero-order valence-electron chi connectivity index (χ0n) is 15.1. The molecule has 7 nitrogen and oxygen atoms in total. The highest BCUT2D eigenvalue weighted by Crippen LogP contribution is 2.31. The number of hydrogen-bond acceptors (Lipinski definition) is 5. The van der Waals surface area contributed by atoms with Gasteiger partial charge in [-0.3, -0.25) is 14.9 Å². The molecule has 0 radical (unpaired) electrons. The minimum absolute atomic E-state index is 0.0302. The van der Waals surface area contributed by atoms with Crippen molar-refractivity contribution in [3.63, 3.8) is 0 Å². The van der Waals surface area contributed by atoms with Crippen LogP contribution in [0.3, 0.4) is 0 Å². The number of amides is 2. The van der Waals surface area contributed by atoms with E-state index in [4.69, 9.17) is 4.42 Å². The fourth-order valence-electron chi connectivity index (χ4n) is 3.10.